The number of aryl methyl sites for hydroxylation is 1. The van der Waals surface area contributed by atoms with Crippen LogP contribution in [0.1, 0.15) is 185 Å². The molecule has 4 amide bonds. The van der Waals surface area contributed by atoms with Crippen LogP contribution in [0, 0.1) is 31.1 Å². The Labute approximate surface area is 644 Å². The molecule has 600 valence electrons. The summed E-state index contributed by atoms with van der Waals surface area (Å²) in [4.78, 5) is 136. The number of benzene rings is 4. The van der Waals surface area contributed by atoms with Crippen molar-refractivity contribution < 1.29 is 124 Å². The van der Waals surface area contributed by atoms with Crippen LogP contribution in [0.4, 0.5) is 21.0 Å². The molecule has 2 saturated heterocycles. The van der Waals surface area contributed by atoms with E-state index in [1.165, 1.54) is 100 Å². The number of nitrogens with one attached hydrogen (secondary N) is 2. The highest BCUT2D eigenvalue weighted by molar-refractivity contribution is 6.06. The smallest absolute Gasteiger partial charge is 0.411 e. The molecule has 12 atom stereocenters. The predicted octanol–water partition coefficient (Wildman–Crippen LogP) is 10.8. The van der Waals surface area contributed by atoms with E-state index < -0.39 is 133 Å². The Morgan fingerprint density at radius 1 is 0.514 bits per heavy atom. The summed E-state index contributed by atoms with van der Waals surface area (Å²) in [6.07, 6.45) is 1.37. The molecule has 0 bridgehead atoms. The number of rotatable bonds is 35. The number of aliphatic hydroxyl groups is 2. The van der Waals surface area contributed by atoms with Gasteiger partial charge in [-0.2, -0.15) is 0 Å². The number of hydrogen-bond donors (Lipinski definition) is 4. The Balaban J connectivity index is 0.951. The molecule has 30 nitrogen and oxygen atoms in total. The van der Waals surface area contributed by atoms with Gasteiger partial charge in [-0.3, -0.25) is 49.0 Å². The number of hydrogen-bond acceptors (Lipinski definition) is 26. The monoisotopic (exact) mass is 1540 g/mol. The second-order valence-electron chi connectivity index (χ2n) is 27.8. The highest BCUT2D eigenvalue weighted by Crippen LogP contribution is 2.40. The van der Waals surface area contributed by atoms with Gasteiger partial charge in [0.15, 0.2) is 23.1 Å². The molecule has 4 aliphatic rings. The summed E-state index contributed by atoms with van der Waals surface area (Å²) in [5.41, 5.74) is 3.07. The molecule has 0 unspecified atom stereocenters. The van der Waals surface area contributed by atoms with E-state index >= 15 is 0 Å². The maximum atomic E-state index is 14.5. The molecule has 0 spiro atoms. The van der Waals surface area contributed by atoms with Gasteiger partial charge in [-0.05, 0) is 126 Å². The number of ether oxygens (including phenoxy) is 14. The van der Waals surface area contributed by atoms with Gasteiger partial charge in [0.2, 0.25) is 24.8 Å². The third-order valence-electron chi connectivity index (χ3n) is 19.1. The average molecular weight is 1550 g/mol. The molecule has 111 heavy (non-hydrogen) atoms. The Hall–Kier alpha value is -10.6. The Kier molecular flexibility index (Phi) is 31.3. The van der Waals surface area contributed by atoms with Crippen molar-refractivity contribution in [3.63, 3.8) is 0 Å². The fourth-order valence-corrected chi connectivity index (χ4v) is 13.2. The van der Waals surface area contributed by atoms with E-state index in [2.05, 4.69) is 16.6 Å². The molecule has 30 heteroatoms. The van der Waals surface area contributed by atoms with Crippen molar-refractivity contribution in [2.75, 3.05) is 57.9 Å². The van der Waals surface area contributed by atoms with Crippen molar-refractivity contribution in [2.24, 2.45) is 11.8 Å². The number of esters is 4. The molecule has 4 aromatic carbocycles. The van der Waals surface area contributed by atoms with Gasteiger partial charge in [0.25, 0.3) is 11.8 Å². The Morgan fingerprint density at radius 2 is 0.946 bits per heavy atom. The lowest BCUT2D eigenvalue weighted by atomic mass is 9.91. The van der Waals surface area contributed by atoms with Crippen LogP contribution in [0.5, 0.6) is 28.7 Å². The maximum absolute atomic E-state index is 14.5. The molecule has 4 heterocycles. The number of nitrogens with zero attached hydrogens (tertiary/aromatic N) is 2. The number of ketones is 2. The van der Waals surface area contributed by atoms with Crippen LogP contribution >= 0.6 is 0 Å². The first-order valence-corrected chi connectivity index (χ1v) is 36.8. The van der Waals surface area contributed by atoms with Gasteiger partial charge in [-0.1, -0.05) is 37.1 Å². The van der Waals surface area contributed by atoms with Gasteiger partial charge >= 0.3 is 36.1 Å². The molecule has 4 aliphatic heterocycles. The predicted molar refractivity (Wildman–Crippen MR) is 399 cm³/mol. The summed E-state index contributed by atoms with van der Waals surface area (Å²) in [6, 6.07) is 13.7. The van der Waals surface area contributed by atoms with Gasteiger partial charge < -0.3 is 86.3 Å². The molecule has 4 aromatic rings. The van der Waals surface area contributed by atoms with Gasteiger partial charge in [0.1, 0.15) is 42.7 Å². The number of carbonyl (C=O) groups is 10. The summed E-state index contributed by atoms with van der Waals surface area (Å²) in [7, 11) is 2.89. The number of aliphatic hydroxyl groups excluding tert-OH is 2. The number of methoxy groups -OCH3 is 2. The van der Waals surface area contributed by atoms with Crippen molar-refractivity contribution >= 4 is 70.8 Å². The second kappa shape index (κ2) is 40.4. The topological polar surface area (TPSA) is 371 Å². The van der Waals surface area contributed by atoms with Crippen LogP contribution in [0.15, 0.2) is 84.2 Å². The van der Waals surface area contributed by atoms with Gasteiger partial charge in [-0.15, -0.1) is 12.3 Å². The van der Waals surface area contributed by atoms with Crippen molar-refractivity contribution in [3.05, 3.63) is 123 Å². The van der Waals surface area contributed by atoms with E-state index in [1.54, 1.807) is 59.2 Å². The van der Waals surface area contributed by atoms with Crippen LogP contribution in [0.25, 0.3) is 0 Å². The third-order valence-corrected chi connectivity index (χ3v) is 19.1. The number of carbonyl (C=O) groups excluding carboxylic acids is 10. The van der Waals surface area contributed by atoms with Crippen molar-refractivity contribution in [1.29, 1.82) is 0 Å². The summed E-state index contributed by atoms with van der Waals surface area (Å²) in [5, 5.41) is 26.0. The highest BCUT2D eigenvalue weighted by Gasteiger charge is 2.50. The summed E-state index contributed by atoms with van der Waals surface area (Å²) < 4.78 is 82.2. The van der Waals surface area contributed by atoms with Gasteiger partial charge in [0.05, 0.1) is 91.5 Å². The Morgan fingerprint density at radius 3 is 1.38 bits per heavy atom. The van der Waals surface area contributed by atoms with Crippen LogP contribution in [-0.4, -0.2) is 188 Å². The fourth-order valence-electron chi connectivity index (χ4n) is 13.2. The number of amides is 4. The zero-order valence-corrected chi connectivity index (χ0v) is 64.8. The van der Waals surface area contributed by atoms with Crippen LogP contribution in [-0.2, 0) is 75.0 Å². The number of Topliss-reactive ketones (excluding diaryl/α,β-unsaturated/α-hetero) is 2. The first-order valence-electron chi connectivity index (χ1n) is 36.8. The summed E-state index contributed by atoms with van der Waals surface area (Å²) >= 11 is 0. The van der Waals surface area contributed by atoms with E-state index in [0.29, 0.717) is 61.0 Å². The van der Waals surface area contributed by atoms with Crippen molar-refractivity contribution in [1.82, 2.24) is 9.80 Å². The zero-order valence-electron chi connectivity index (χ0n) is 64.8. The lowest BCUT2D eigenvalue weighted by Crippen LogP contribution is -2.57. The molecule has 8 rings (SSSR count). The fraction of sp³-hybridized carbons (Fsp3) is 0.506. The summed E-state index contributed by atoms with van der Waals surface area (Å²) in [5.74, 6) is -2.23. The van der Waals surface area contributed by atoms with Crippen LogP contribution in [0.3, 0.4) is 0 Å². The number of terminal acetylenes is 1. The van der Waals surface area contributed by atoms with E-state index in [1.807, 2.05) is 13.8 Å². The molecule has 4 N–H and O–H groups in total. The van der Waals surface area contributed by atoms with E-state index in [9.17, 15) is 58.2 Å². The van der Waals surface area contributed by atoms with Crippen LogP contribution < -0.4 is 34.3 Å². The lowest BCUT2D eigenvalue weighted by molar-refractivity contribution is -0.263. The number of anilines is 2. The zero-order chi connectivity index (χ0) is 80.9. The highest BCUT2D eigenvalue weighted by atomic mass is 16.7. The summed E-state index contributed by atoms with van der Waals surface area (Å²) in [6.45, 7) is 16.3. The molecular formula is C81H100N4O26. The molecule has 0 radical (unpaired) electrons. The minimum atomic E-state index is -1.33. The van der Waals surface area contributed by atoms with Gasteiger partial charge in [-0.25, -0.2) is 9.59 Å². The largest absolute Gasteiger partial charge is 0.493 e. The quantitative estimate of drug-likeness (QED) is 0.0109. The van der Waals surface area contributed by atoms with Gasteiger partial charge in [0, 0.05) is 97.0 Å². The molecule has 2 fully saturated rings. The lowest BCUT2D eigenvalue weighted by Gasteiger charge is -2.43. The normalized spacial score (nSPS) is 21.9. The standard InChI is InChI=1S/C81H100N4O26/c1-15-16-21-65(92)61-33-55(23-25-67(61)110-78-74(108-53(11)90)72(106-51(9)88)47(5)49(7)104-78)42-102-80(96)82-63-36-69(46(4)32-59(63)76(94)84-38-44(2)30-57(84)40-86)100-28-18-17-19-29-101-71-37-64(60(35-70(71)99-14)77(95)85-39-45(3)31-58(85)41-87)83-81(97)103-43-56-24-26-68(62(34-56)66(93)22-20-27-98-13)111-79-75(109-54(12)91)73(107-52(10)89)48(6)50(8)105-79/h1,23-26,32-39,47-50,57-58,72-75,78-79,86-87H,16-22,27-31,40-43H2,2-14H3,(H,82,96)(H,83,97)/t47-,48-,49-,50-,57+,58+,72+,73+,74-,75-,78+,79+/m1/s1. The average Bonchev–Trinajstić information content (AvgIpc) is 1.66. The molecule has 0 aliphatic carbocycles. The van der Waals surface area contributed by atoms with Crippen LogP contribution in [0.2, 0.25) is 0 Å². The third kappa shape index (κ3) is 23.0. The van der Waals surface area contributed by atoms with E-state index in [4.69, 9.17) is 72.7 Å². The minimum Gasteiger partial charge on any atom is -0.493 e. The van der Waals surface area contributed by atoms with E-state index in [-0.39, 0.29) is 121 Å². The maximum Gasteiger partial charge on any atom is 0.411 e. The SMILES string of the molecule is C#CCCC(=O)c1cc(COC(=O)Nc2cc(OCCCCCOc3cc(NC(=O)OCc4ccc(O[C@@H]5O[C@H](C)[C@@H](C)[C@H](OC(C)=O)[C@H]5OC(C)=O)c(C(=O)CCCOC)c4)c(C(=O)N4C=C(C)C[C@H]4CO)cc3OC)c(C)cc2C(=O)N2C=C(C)C[C@H]2CO)ccc1O[C@@H]1O[C@H](C)[C@@H](C)[C@H](OC(C)=O)[C@H]1OC(C)=O. The first kappa shape index (κ1) is 86.0. The second-order valence-corrected chi connectivity index (χ2v) is 27.8. The minimum absolute atomic E-state index is 0.0171. The Bertz CT molecular complexity index is 4160. The molecule has 0 aromatic heterocycles. The van der Waals surface area contributed by atoms with E-state index in [0.717, 1.165) is 11.1 Å². The molecule has 0 saturated carbocycles. The van der Waals surface area contributed by atoms with Crippen molar-refractivity contribution in [2.45, 2.75) is 208 Å². The number of unbranched alkanes of at least 4 members (excludes halogenated alkanes) is 2. The molecular weight excluding hydrogens is 1440 g/mol. The van der Waals surface area contributed by atoms with Crippen molar-refractivity contribution in [3.8, 4) is 41.1 Å². The first-order chi connectivity index (χ1) is 52.9.